The normalized spacial score (nSPS) is 18.8. The molecule has 0 saturated carbocycles. The smallest absolute Gasteiger partial charge is 0.191 e. The van der Waals surface area contributed by atoms with Crippen LogP contribution in [0.2, 0.25) is 0 Å². The summed E-state index contributed by atoms with van der Waals surface area (Å²) in [6.07, 6.45) is 2.40. The van der Waals surface area contributed by atoms with Gasteiger partial charge in [0.05, 0.1) is 19.8 Å². The summed E-state index contributed by atoms with van der Waals surface area (Å²) in [6.45, 7) is 12.0. The second-order valence-corrected chi connectivity index (χ2v) is 6.25. The summed E-state index contributed by atoms with van der Waals surface area (Å²) in [5.74, 6) is 1.54. The van der Waals surface area contributed by atoms with Crippen LogP contribution in [0, 0.1) is 5.92 Å². The van der Waals surface area contributed by atoms with E-state index < -0.39 is 0 Å². The molecule has 2 unspecified atom stereocenters. The maximum Gasteiger partial charge on any atom is 0.191 e. The summed E-state index contributed by atoms with van der Waals surface area (Å²) >= 11 is 0. The van der Waals surface area contributed by atoms with E-state index in [1.165, 1.54) is 12.8 Å². The van der Waals surface area contributed by atoms with Crippen LogP contribution in [-0.4, -0.2) is 76.6 Å². The van der Waals surface area contributed by atoms with E-state index in [1.54, 1.807) is 7.11 Å². The molecule has 0 radical (unpaired) electrons. The van der Waals surface area contributed by atoms with E-state index in [2.05, 4.69) is 41.3 Å². The van der Waals surface area contributed by atoms with Crippen molar-refractivity contribution in [1.29, 1.82) is 0 Å². The van der Waals surface area contributed by atoms with Gasteiger partial charge in [-0.2, -0.15) is 0 Å². The van der Waals surface area contributed by atoms with Crippen LogP contribution in [0.1, 0.15) is 33.6 Å². The molecule has 144 valence electrons. The van der Waals surface area contributed by atoms with E-state index in [0.29, 0.717) is 18.6 Å². The SMILES string of the molecule is CCC(CC)C(CNC(=NC)NC(C)COC)N1CCOCC1.I. The molecule has 0 aromatic carbocycles. The second-order valence-electron chi connectivity index (χ2n) is 6.25. The van der Waals surface area contributed by atoms with E-state index in [9.17, 15) is 0 Å². The fourth-order valence-electron chi connectivity index (χ4n) is 3.26. The van der Waals surface area contributed by atoms with Crippen molar-refractivity contribution in [3.05, 3.63) is 0 Å². The van der Waals surface area contributed by atoms with Gasteiger partial charge in [0.25, 0.3) is 0 Å². The van der Waals surface area contributed by atoms with Crippen LogP contribution in [0.4, 0.5) is 0 Å². The molecule has 0 amide bonds. The predicted octanol–water partition coefficient (Wildman–Crippen LogP) is 1.94. The maximum atomic E-state index is 5.51. The van der Waals surface area contributed by atoms with E-state index >= 15 is 0 Å². The largest absolute Gasteiger partial charge is 0.383 e. The van der Waals surface area contributed by atoms with Crippen molar-refractivity contribution in [2.45, 2.75) is 45.7 Å². The van der Waals surface area contributed by atoms with E-state index in [0.717, 1.165) is 38.8 Å². The Morgan fingerprint density at radius 1 is 1.25 bits per heavy atom. The molecule has 24 heavy (non-hydrogen) atoms. The van der Waals surface area contributed by atoms with Gasteiger partial charge in [-0.3, -0.25) is 9.89 Å². The molecule has 1 fully saturated rings. The second kappa shape index (κ2) is 14.1. The zero-order valence-electron chi connectivity index (χ0n) is 16.0. The number of guanidine groups is 1. The molecule has 2 N–H and O–H groups in total. The van der Waals surface area contributed by atoms with Crippen LogP contribution in [0.15, 0.2) is 4.99 Å². The van der Waals surface area contributed by atoms with Crippen LogP contribution in [-0.2, 0) is 9.47 Å². The number of methoxy groups -OCH3 is 1. The van der Waals surface area contributed by atoms with Crippen molar-refractivity contribution >= 4 is 29.9 Å². The van der Waals surface area contributed by atoms with E-state index in [1.807, 2.05) is 7.05 Å². The van der Waals surface area contributed by atoms with Gasteiger partial charge in [-0.25, -0.2) is 0 Å². The molecule has 0 aliphatic carbocycles. The number of hydrogen-bond acceptors (Lipinski definition) is 4. The molecule has 0 aromatic rings. The summed E-state index contributed by atoms with van der Waals surface area (Å²) in [7, 11) is 3.53. The third-order valence-electron chi connectivity index (χ3n) is 4.61. The van der Waals surface area contributed by atoms with Gasteiger partial charge < -0.3 is 20.1 Å². The third-order valence-corrected chi connectivity index (χ3v) is 4.61. The third kappa shape index (κ3) is 8.31. The van der Waals surface area contributed by atoms with Gasteiger partial charge in [0, 0.05) is 45.9 Å². The highest BCUT2D eigenvalue weighted by Crippen LogP contribution is 2.19. The molecule has 1 aliphatic rings. The number of nitrogens with one attached hydrogen (secondary N) is 2. The van der Waals surface area contributed by atoms with E-state index in [4.69, 9.17) is 9.47 Å². The minimum Gasteiger partial charge on any atom is -0.383 e. The summed E-state index contributed by atoms with van der Waals surface area (Å²) in [5.41, 5.74) is 0. The first-order valence-electron chi connectivity index (χ1n) is 8.94. The average molecular weight is 456 g/mol. The Kier molecular flexibility index (Phi) is 14.0. The van der Waals surface area contributed by atoms with Crippen molar-refractivity contribution in [1.82, 2.24) is 15.5 Å². The van der Waals surface area contributed by atoms with Crippen LogP contribution in [0.3, 0.4) is 0 Å². The summed E-state index contributed by atoms with van der Waals surface area (Å²) in [5, 5.41) is 6.88. The quantitative estimate of drug-likeness (QED) is 0.316. The number of ether oxygens (including phenoxy) is 2. The molecular formula is C17H37IN4O2. The molecule has 1 heterocycles. The molecule has 1 aliphatic heterocycles. The fourth-order valence-corrected chi connectivity index (χ4v) is 3.26. The maximum absolute atomic E-state index is 5.51. The van der Waals surface area contributed by atoms with Crippen molar-refractivity contribution < 1.29 is 9.47 Å². The minimum atomic E-state index is 0. The van der Waals surface area contributed by atoms with Crippen LogP contribution >= 0.6 is 24.0 Å². The van der Waals surface area contributed by atoms with Gasteiger partial charge in [0.1, 0.15) is 0 Å². The number of rotatable bonds is 9. The van der Waals surface area contributed by atoms with Gasteiger partial charge in [0.15, 0.2) is 5.96 Å². The highest BCUT2D eigenvalue weighted by Gasteiger charge is 2.27. The minimum absolute atomic E-state index is 0. The van der Waals surface area contributed by atoms with Gasteiger partial charge in [-0.05, 0) is 12.8 Å². The number of morpholine rings is 1. The van der Waals surface area contributed by atoms with Crippen LogP contribution in [0.5, 0.6) is 0 Å². The molecule has 0 bridgehead atoms. The van der Waals surface area contributed by atoms with Crippen molar-refractivity contribution in [2.24, 2.45) is 10.9 Å². The Morgan fingerprint density at radius 3 is 2.38 bits per heavy atom. The van der Waals surface area contributed by atoms with Gasteiger partial charge >= 0.3 is 0 Å². The Morgan fingerprint density at radius 2 is 1.88 bits per heavy atom. The Labute approximate surface area is 165 Å². The monoisotopic (exact) mass is 456 g/mol. The average Bonchev–Trinajstić information content (AvgIpc) is 2.58. The summed E-state index contributed by atoms with van der Waals surface area (Å²) < 4.78 is 10.7. The summed E-state index contributed by atoms with van der Waals surface area (Å²) in [4.78, 5) is 6.90. The topological polar surface area (TPSA) is 58.1 Å². The molecule has 0 aromatic heterocycles. The lowest BCUT2D eigenvalue weighted by Crippen LogP contribution is -2.54. The molecule has 7 heteroatoms. The van der Waals surface area contributed by atoms with Crippen LogP contribution in [0.25, 0.3) is 0 Å². The highest BCUT2D eigenvalue weighted by atomic mass is 127. The lowest BCUT2D eigenvalue weighted by Gasteiger charge is -2.39. The molecule has 6 nitrogen and oxygen atoms in total. The molecule has 1 rings (SSSR count). The number of nitrogens with zero attached hydrogens (tertiary/aromatic N) is 2. The first-order chi connectivity index (χ1) is 11.2. The Balaban J connectivity index is 0.00000529. The number of hydrogen-bond donors (Lipinski definition) is 2. The van der Waals surface area contributed by atoms with Gasteiger partial charge in [0.2, 0.25) is 0 Å². The predicted molar refractivity (Wildman–Crippen MR) is 112 cm³/mol. The molecular weight excluding hydrogens is 419 g/mol. The van der Waals surface area contributed by atoms with Crippen molar-refractivity contribution in [3.8, 4) is 0 Å². The molecule has 1 saturated heterocycles. The Hall–Kier alpha value is -0.120. The lowest BCUT2D eigenvalue weighted by atomic mass is 9.92. The highest BCUT2D eigenvalue weighted by molar-refractivity contribution is 14.0. The van der Waals surface area contributed by atoms with Crippen LogP contribution < -0.4 is 10.6 Å². The van der Waals surface area contributed by atoms with Gasteiger partial charge in [-0.1, -0.05) is 26.7 Å². The zero-order valence-corrected chi connectivity index (χ0v) is 18.3. The zero-order chi connectivity index (χ0) is 17.1. The first-order valence-corrected chi connectivity index (χ1v) is 8.94. The summed E-state index contributed by atoms with van der Waals surface area (Å²) in [6, 6.07) is 0.756. The molecule has 2 atom stereocenters. The first kappa shape index (κ1) is 23.9. The van der Waals surface area contributed by atoms with Crippen molar-refractivity contribution in [3.63, 3.8) is 0 Å². The number of aliphatic imine (C=N–C) groups is 1. The standard InChI is InChI=1S/C17H36N4O2.HI/c1-6-15(7-2)16(21-8-10-23-11-9-21)12-19-17(18-4)20-14(3)13-22-5;/h14-16H,6-13H2,1-5H3,(H2,18,19,20);1H. The van der Waals surface area contributed by atoms with Gasteiger partial charge in [-0.15, -0.1) is 24.0 Å². The number of halogens is 1. The lowest BCUT2D eigenvalue weighted by molar-refractivity contribution is 0.00270. The fraction of sp³-hybridized carbons (Fsp3) is 0.941. The van der Waals surface area contributed by atoms with E-state index in [-0.39, 0.29) is 30.0 Å². The molecule has 0 spiro atoms. The van der Waals surface area contributed by atoms with Crippen molar-refractivity contribution in [2.75, 3.05) is 53.6 Å². The Bertz CT molecular complexity index is 335.